The summed E-state index contributed by atoms with van der Waals surface area (Å²) in [5.74, 6) is 0.791. The molecule has 166 valence electrons. The molecule has 2 aromatic carbocycles. The van der Waals surface area contributed by atoms with Crippen molar-refractivity contribution < 1.29 is 9.53 Å². The van der Waals surface area contributed by atoms with Crippen LogP contribution in [0, 0.1) is 0 Å². The number of halogens is 1. The lowest BCUT2D eigenvalue weighted by atomic mass is 10.1. The van der Waals surface area contributed by atoms with Crippen LogP contribution in [0.15, 0.2) is 60.9 Å². The van der Waals surface area contributed by atoms with Gasteiger partial charge >= 0.3 is 0 Å². The molecule has 2 heterocycles. The molecule has 9 heteroatoms. The van der Waals surface area contributed by atoms with Gasteiger partial charge in [-0.1, -0.05) is 54.1 Å². The molecule has 0 bridgehead atoms. The Labute approximate surface area is 191 Å². The van der Waals surface area contributed by atoms with Crippen molar-refractivity contribution in [2.24, 2.45) is 0 Å². The van der Waals surface area contributed by atoms with Gasteiger partial charge in [0.25, 0.3) is 0 Å². The number of tetrazole rings is 1. The summed E-state index contributed by atoms with van der Waals surface area (Å²) in [6.07, 6.45) is 6.34. The number of benzene rings is 2. The van der Waals surface area contributed by atoms with Crippen LogP contribution in [0.2, 0.25) is 5.02 Å². The molecular formula is C23H25ClN6O2. The Morgan fingerprint density at radius 2 is 2.06 bits per heavy atom. The van der Waals surface area contributed by atoms with Gasteiger partial charge in [-0.2, -0.15) is 0 Å². The molecule has 3 aromatic rings. The van der Waals surface area contributed by atoms with E-state index in [0.717, 1.165) is 16.9 Å². The molecule has 0 spiro atoms. The fourth-order valence-electron chi connectivity index (χ4n) is 3.86. The third-order valence-corrected chi connectivity index (χ3v) is 5.97. The molecule has 4 rings (SSSR count). The van der Waals surface area contributed by atoms with Gasteiger partial charge in [0, 0.05) is 24.7 Å². The highest BCUT2D eigenvalue weighted by atomic mass is 35.5. The van der Waals surface area contributed by atoms with E-state index in [2.05, 4.69) is 31.8 Å². The van der Waals surface area contributed by atoms with E-state index < -0.39 is 0 Å². The van der Waals surface area contributed by atoms with Crippen molar-refractivity contribution in [3.8, 4) is 5.75 Å². The molecule has 1 aromatic heterocycles. The van der Waals surface area contributed by atoms with Crippen LogP contribution in [-0.2, 0) is 11.3 Å². The Morgan fingerprint density at radius 3 is 2.78 bits per heavy atom. The smallest absolute Gasteiger partial charge is 0.237 e. The van der Waals surface area contributed by atoms with Gasteiger partial charge in [0.15, 0.2) is 0 Å². The van der Waals surface area contributed by atoms with E-state index in [0.29, 0.717) is 31.1 Å². The van der Waals surface area contributed by atoms with Gasteiger partial charge in [0.1, 0.15) is 12.1 Å². The minimum atomic E-state index is -0.285. The maximum Gasteiger partial charge on any atom is 0.237 e. The molecule has 1 fully saturated rings. The zero-order chi connectivity index (χ0) is 22.3. The van der Waals surface area contributed by atoms with Crippen LogP contribution in [0.25, 0.3) is 6.08 Å². The first-order chi connectivity index (χ1) is 15.6. The van der Waals surface area contributed by atoms with E-state index in [9.17, 15) is 4.79 Å². The van der Waals surface area contributed by atoms with Crippen molar-refractivity contribution in [1.82, 2.24) is 30.4 Å². The molecule has 1 aliphatic heterocycles. The first-order valence-corrected chi connectivity index (χ1v) is 10.8. The monoisotopic (exact) mass is 452 g/mol. The number of likely N-dealkylation sites (tertiary alicyclic amines) is 1. The van der Waals surface area contributed by atoms with Crippen LogP contribution in [0.3, 0.4) is 0 Å². The molecule has 0 unspecified atom stereocenters. The summed E-state index contributed by atoms with van der Waals surface area (Å²) in [6.45, 7) is 1.71. The van der Waals surface area contributed by atoms with Crippen molar-refractivity contribution in [3.05, 3.63) is 77.1 Å². The fraction of sp³-hybridized carbons (Fsp3) is 0.304. The van der Waals surface area contributed by atoms with E-state index in [1.165, 1.54) is 0 Å². The van der Waals surface area contributed by atoms with E-state index in [1.54, 1.807) is 18.1 Å². The zero-order valence-corrected chi connectivity index (χ0v) is 18.5. The first kappa shape index (κ1) is 22.0. The minimum Gasteiger partial charge on any atom is -0.497 e. The lowest BCUT2D eigenvalue weighted by Crippen LogP contribution is -2.43. The number of methoxy groups -OCH3 is 1. The molecule has 0 aliphatic carbocycles. The Bertz CT molecular complexity index is 1050. The van der Waals surface area contributed by atoms with Gasteiger partial charge in [-0.25, -0.2) is 4.68 Å². The Kier molecular flexibility index (Phi) is 7.14. The number of carbonyl (C=O) groups excluding carboxylic acids is 1. The molecule has 2 atom stereocenters. The number of hydrogen-bond acceptors (Lipinski definition) is 6. The standard InChI is InChI=1S/C23H25ClN6O2/c1-32-20-10-8-17(9-11-20)5-4-12-29-15-19(30-16-26-27-28-30)13-22(29)23(31)25-14-18-6-2-3-7-21(18)24/h2-11,16,19,22H,12-15H2,1H3,(H,25,31)/b5-4+/t19-,22-/m0/s1. The summed E-state index contributed by atoms with van der Waals surface area (Å²) >= 11 is 6.23. The number of nitrogens with zero attached hydrogens (tertiary/aromatic N) is 5. The molecule has 32 heavy (non-hydrogen) atoms. The maximum absolute atomic E-state index is 13.1. The van der Waals surface area contributed by atoms with Gasteiger partial charge in [-0.3, -0.25) is 9.69 Å². The lowest BCUT2D eigenvalue weighted by Gasteiger charge is -2.22. The summed E-state index contributed by atoms with van der Waals surface area (Å²) in [4.78, 5) is 15.2. The predicted octanol–water partition coefficient (Wildman–Crippen LogP) is 2.98. The van der Waals surface area contributed by atoms with Gasteiger partial charge in [0.05, 0.1) is 19.2 Å². The third kappa shape index (κ3) is 5.33. The highest BCUT2D eigenvalue weighted by Gasteiger charge is 2.37. The number of carbonyl (C=O) groups is 1. The first-order valence-electron chi connectivity index (χ1n) is 10.4. The topological polar surface area (TPSA) is 85.2 Å². The van der Waals surface area contributed by atoms with Crippen LogP contribution in [-0.4, -0.2) is 57.3 Å². The number of ether oxygens (including phenoxy) is 1. The Hall–Kier alpha value is -3.23. The SMILES string of the molecule is COc1ccc(/C=C/CN2C[C@@H](n3cnnn3)C[C@H]2C(=O)NCc2ccccc2Cl)cc1. The normalized spacial score (nSPS) is 18.8. The van der Waals surface area contributed by atoms with Crippen molar-refractivity contribution in [3.63, 3.8) is 0 Å². The molecule has 8 nitrogen and oxygen atoms in total. The summed E-state index contributed by atoms with van der Waals surface area (Å²) in [6, 6.07) is 15.1. The highest BCUT2D eigenvalue weighted by molar-refractivity contribution is 6.31. The second-order valence-electron chi connectivity index (χ2n) is 7.63. The summed E-state index contributed by atoms with van der Waals surface area (Å²) < 4.78 is 6.93. The molecule has 0 saturated carbocycles. The van der Waals surface area contributed by atoms with Crippen LogP contribution in [0.5, 0.6) is 5.75 Å². The largest absolute Gasteiger partial charge is 0.497 e. The molecule has 1 N–H and O–H groups in total. The Balaban J connectivity index is 1.42. The summed E-state index contributed by atoms with van der Waals surface area (Å²) in [7, 11) is 1.65. The molecule has 1 amide bonds. The zero-order valence-electron chi connectivity index (χ0n) is 17.8. The van der Waals surface area contributed by atoms with Gasteiger partial charge < -0.3 is 10.1 Å². The predicted molar refractivity (Wildman–Crippen MR) is 122 cm³/mol. The number of aromatic nitrogens is 4. The number of nitrogens with one attached hydrogen (secondary N) is 1. The molecule has 0 radical (unpaired) electrons. The van der Waals surface area contributed by atoms with Crippen molar-refractivity contribution in [2.45, 2.75) is 25.0 Å². The summed E-state index contributed by atoms with van der Waals surface area (Å²) in [5, 5.41) is 15.2. The van der Waals surface area contributed by atoms with Crippen molar-refractivity contribution >= 4 is 23.6 Å². The van der Waals surface area contributed by atoms with Gasteiger partial charge in [0.2, 0.25) is 5.91 Å². The second kappa shape index (κ2) is 10.4. The summed E-state index contributed by atoms with van der Waals surface area (Å²) in [5.41, 5.74) is 1.96. The van der Waals surface area contributed by atoms with Gasteiger partial charge in [-0.05, 0) is 46.2 Å². The molecular weight excluding hydrogens is 428 g/mol. The highest BCUT2D eigenvalue weighted by Crippen LogP contribution is 2.27. The number of hydrogen-bond donors (Lipinski definition) is 1. The Morgan fingerprint density at radius 1 is 1.25 bits per heavy atom. The van der Waals surface area contributed by atoms with Crippen molar-refractivity contribution in [1.29, 1.82) is 0 Å². The molecule has 1 aliphatic rings. The van der Waals surface area contributed by atoms with Gasteiger partial charge in [-0.15, -0.1) is 5.10 Å². The van der Waals surface area contributed by atoms with Crippen LogP contribution >= 0.6 is 11.6 Å². The fourth-order valence-corrected chi connectivity index (χ4v) is 4.06. The molecule has 1 saturated heterocycles. The maximum atomic E-state index is 13.1. The third-order valence-electron chi connectivity index (χ3n) is 5.60. The number of amides is 1. The van der Waals surface area contributed by atoms with Crippen LogP contribution < -0.4 is 10.1 Å². The lowest BCUT2D eigenvalue weighted by molar-refractivity contribution is -0.125. The van der Waals surface area contributed by atoms with E-state index in [-0.39, 0.29) is 18.0 Å². The second-order valence-corrected chi connectivity index (χ2v) is 8.04. The average molecular weight is 453 g/mol. The minimum absolute atomic E-state index is 0.0293. The quantitative estimate of drug-likeness (QED) is 0.565. The van der Waals surface area contributed by atoms with E-state index in [1.807, 2.05) is 54.6 Å². The van der Waals surface area contributed by atoms with E-state index >= 15 is 0 Å². The van der Waals surface area contributed by atoms with E-state index in [4.69, 9.17) is 16.3 Å². The number of rotatable bonds is 8. The van der Waals surface area contributed by atoms with Crippen molar-refractivity contribution in [2.75, 3.05) is 20.2 Å². The van der Waals surface area contributed by atoms with Crippen LogP contribution in [0.1, 0.15) is 23.6 Å². The van der Waals surface area contributed by atoms with Crippen LogP contribution in [0.4, 0.5) is 0 Å². The average Bonchev–Trinajstić information content (AvgIpc) is 3.49.